The minimum atomic E-state index is -1.91. The normalized spacial score (nSPS) is 40.6. The lowest BCUT2D eigenvalue weighted by Gasteiger charge is -2.39. The first kappa shape index (κ1) is 12.1. The first-order valence-corrected chi connectivity index (χ1v) is 7.28. The molecule has 1 rings (SSSR count). The Kier molecular flexibility index (Phi) is 3.04. The second-order valence-electron chi connectivity index (χ2n) is 5.51. The number of hydrogen-bond donors (Lipinski definition) is 1. The van der Waals surface area contributed by atoms with Crippen LogP contribution < -0.4 is 0 Å². The predicted octanol–water partition coefficient (Wildman–Crippen LogP) is 1.66. The summed E-state index contributed by atoms with van der Waals surface area (Å²) in [5, 5.41) is 10.5. The van der Waals surface area contributed by atoms with Crippen LogP contribution in [0.25, 0.3) is 0 Å². The van der Waals surface area contributed by atoms with Gasteiger partial charge in [0.05, 0.1) is 5.60 Å². The maximum atomic E-state index is 11.8. The van der Waals surface area contributed by atoms with Crippen molar-refractivity contribution in [1.82, 2.24) is 0 Å². The molecular weight excluding hydrogens is 196 g/mol. The molecule has 0 radical (unpaired) electrons. The molecule has 1 aliphatic rings. The van der Waals surface area contributed by atoms with Gasteiger partial charge < -0.3 is 5.11 Å². The van der Waals surface area contributed by atoms with Gasteiger partial charge in [-0.3, -0.25) is 4.21 Å². The Labute approximate surface area is 87.7 Å². The van der Waals surface area contributed by atoms with E-state index in [-0.39, 0.29) is 5.41 Å². The molecule has 0 saturated carbocycles. The molecule has 84 valence electrons. The molecule has 1 heterocycles. The average molecular weight is 218 g/mol. The van der Waals surface area contributed by atoms with Crippen molar-refractivity contribution in [3.8, 4) is 0 Å². The highest BCUT2D eigenvalue weighted by Crippen LogP contribution is 2.38. The van der Waals surface area contributed by atoms with Crippen molar-refractivity contribution in [3.05, 3.63) is 0 Å². The lowest BCUT2D eigenvalue weighted by atomic mass is 9.72. The quantitative estimate of drug-likeness (QED) is 0.628. The molecule has 0 aromatic heterocycles. The van der Waals surface area contributed by atoms with Gasteiger partial charge in [-0.25, -0.2) is 0 Å². The van der Waals surface area contributed by atoms with Gasteiger partial charge in [0.15, 0.2) is 0 Å². The van der Waals surface area contributed by atoms with Gasteiger partial charge in [-0.2, -0.15) is 0 Å². The number of aliphatic hydroxyl groups is 1. The van der Waals surface area contributed by atoms with Gasteiger partial charge in [-0.15, -0.1) is 0 Å². The second kappa shape index (κ2) is 3.53. The molecule has 2 atom stereocenters. The first-order chi connectivity index (χ1) is 6.16. The van der Waals surface area contributed by atoms with Crippen LogP contribution in [0.5, 0.6) is 0 Å². The van der Waals surface area contributed by atoms with E-state index >= 15 is 0 Å². The first-order valence-electron chi connectivity index (χ1n) is 5.21. The van der Waals surface area contributed by atoms with Gasteiger partial charge in [-0.05, 0) is 40.1 Å². The lowest BCUT2D eigenvalue weighted by molar-refractivity contribution is -0.0657. The molecule has 0 aliphatic carbocycles. The molecule has 1 N–H and O–H groups in total. The van der Waals surface area contributed by atoms with Gasteiger partial charge in [0, 0.05) is 11.5 Å². The van der Waals surface area contributed by atoms with E-state index in [1.807, 2.05) is 20.8 Å². The third kappa shape index (κ3) is 2.51. The highest BCUT2D eigenvalue weighted by molar-refractivity contribution is 8.00. The summed E-state index contributed by atoms with van der Waals surface area (Å²) in [6, 6.07) is 0. The highest BCUT2D eigenvalue weighted by atomic mass is 32.2. The minimum Gasteiger partial charge on any atom is -0.389 e. The van der Waals surface area contributed by atoms with Crippen molar-refractivity contribution in [1.29, 1.82) is 0 Å². The van der Waals surface area contributed by atoms with Crippen molar-refractivity contribution in [2.24, 2.45) is 5.41 Å². The zero-order valence-corrected chi connectivity index (χ0v) is 10.3. The fourth-order valence-electron chi connectivity index (χ4n) is 1.96. The van der Waals surface area contributed by atoms with Crippen LogP contribution in [0.15, 0.2) is 0 Å². The third-order valence-electron chi connectivity index (χ3n) is 3.39. The minimum absolute atomic E-state index is 0.132. The molecule has 0 aromatic carbocycles. The SMILES string of the molecule is C=S1(=O)CCCC(O)(C(C)(C)C)CC1. The molecule has 1 saturated heterocycles. The molecule has 14 heavy (non-hydrogen) atoms. The summed E-state index contributed by atoms with van der Waals surface area (Å²) < 4.78 is 11.8. The zero-order chi connectivity index (χ0) is 11.0. The molecule has 0 bridgehead atoms. The lowest BCUT2D eigenvalue weighted by Crippen LogP contribution is -2.43. The van der Waals surface area contributed by atoms with Gasteiger partial charge in [0.1, 0.15) is 0 Å². The fourth-order valence-corrected chi connectivity index (χ4v) is 3.54. The van der Waals surface area contributed by atoms with Crippen molar-refractivity contribution in [2.45, 2.75) is 45.6 Å². The number of hydrogen-bond acceptors (Lipinski definition) is 2. The molecule has 2 nitrogen and oxygen atoms in total. The molecule has 0 spiro atoms. The largest absolute Gasteiger partial charge is 0.389 e. The maximum absolute atomic E-state index is 11.8. The molecule has 1 fully saturated rings. The van der Waals surface area contributed by atoms with Crippen molar-refractivity contribution in [3.63, 3.8) is 0 Å². The summed E-state index contributed by atoms with van der Waals surface area (Å²) in [6.07, 6.45) is 2.21. The van der Waals surface area contributed by atoms with E-state index < -0.39 is 15.1 Å². The monoisotopic (exact) mass is 218 g/mol. The molecule has 3 heteroatoms. The van der Waals surface area contributed by atoms with E-state index in [9.17, 15) is 9.32 Å². The van der Waals surface area contributed by atoms with Gasteiger partial charge in [0.2, 0.25) is 0 Å². The summed E-state index contributed by atoms with van der Waals surface area (Å²) >= 11 is 0. The Hall–Kier alpha value is -0.0200. The van der Waals surface area contributed by atoms with Crippen LogP contribution in [-0.2, 0) is 9.52 Å². The van der Waals surface area contributed by atoms with Crippen LogP contribution in [0.2, 0.25) is 0 Å². The zero-order valence-electron chi connectivity index (χ0n) is 9.51. The Bertz CT molecular complexity index is 298. The van der Waals surface area contributed by atoms with Gasteiger partial charge in [0.25, 0.3) is 0 Å². The van der Waals surface area contributed by atoms with E-state index in [1.165, 1.54) is 0 Å². The molecular formula is C11H22O2S. The van der Waals surface area contributed by atoms with E-state index in [2.05, 4.69) is 5.87 Å². The van der Waals surface area contributed by atoms with E-state index in [0.29, 0.717) is 17.9 Å². The average Bonchev–Trinajstić information content (AvgIpc) is 2.10. The molecule has 1 aliphatic heterocycles. The van der Waals surface area contributed by atoms with Crippen LogP contribution in [0.1, 0.15) is 40.0 Å². The van der Waals surface area contributed by atoms with E-state index in [4.69, 9.17) is 0 Å². The van der Waals surface area contributed by atoms with Crippen molar-refractivity contribution >= 4 is 15.4 Å². The van der Waals surface area contributed by atoms with Crippen molar-refractivity contribution in [2.75, 3.05) is 11.5 Å². The topological polar surface area (TPSA) is 37.3 Å². The van der Waals surface area contributed by atoms with Crippen LogP contribution in [-0.4, -0.2) is 32.3 Å². The standard InChI is InChI=1S/C11H22O2S/c1-10(2,3)11(12)6-5-8-14(4,13)9-7-11/h12H,4-9H2,1-3H3. The maximum Gasteiger partial charge on any atom is 0.0704 e. The van der Waals surface area contributed by atoms with Crippen LogP contribution in [0.4, 0.5) is 0 Å². The second-order valence-corrected chi connectivity index (χ2v) is 8.26. The van der Waals surface area contributed by atoms with Gasteiger partial charge in [-0.1, -0.05) is 20.8 Å². The van der Waals surface area contributed by atoms with Crippen molar-refractivity contribution < 1.29 is 9.32 Å². The fraction of sp³-hybridized carbons (Fsp3) is 0.909. The van der Waals surface area contributed by atoms with E-state index in [1.54, 1.807) is 0 Å². The summed E-state index contributed by atoms with van der Waals surface area (Å²) in [5.41, 5.74) is -0.795. The van der Waals surface area contributed by atoms with Gasteiger partial charge >= 0.3 is 0 Å². The van der Waals surface area contributed by atoms with Crippen LogP contribution in [0.3, 0.4) is 0 Å². The smallest absolute Gasteiger partial charge is 0.0704 e. The third-order valence-corrected chi connectivity index (χ3v) is 5.37. The number of rotatable bonds is 0. The summed E-state index contributed by atoms with van der Waals surface area (Å²) in [6.45, 7) is 6.13. The molecule has 0 amide bonds. The Morgan fingerprint density at radius 3 is 2.36 bits per heavy atom. The Balaban J connectivity index is 2.86. The Morgan fingerprint density at radius 1 is 1.29 bits per heavy atom. The summed E-state index contributed by atoms with van der Waals surface area (Å²) in [5.74, 6) is 5.00. The predicted molar refractivity (Wildman–Crippen MR) is 63.3 cm³/mol. The Morgan fingerprint density at radius 2 is 1.86 bits per heavy atom. The van der Waals surface area contributed by atoms with Crippen LogP contribution in [0, 0.1) is 5.41 Å². The highest BCUT2D eigenvalue weighted by Gasteiger charge is 2.40. The summed E-state index contributed by atoms with van der Waals surface area (Å²) in [4.78, 5) is 0. The molecule has 2 unspecified atom stereocenters. The van der Waals surface area contributed by atoms with E-state index in [0.717, 1.165) is 12.8 Å². The molecule has 0 aromatic rings. The summed E-state index contributed by atoms with van der Waals surface area (Å²) in [7, 11) is -1.91. The van der Waals surface area contributed by atoms with Crippen LogP contribution >= 0.6 is 0 Å².